The number of hydrogen-bond donors (Lipinski definition) is 2. The molecule has 1 atom stereocenters. The van der Waals surface area contributed by atoms with Gasteiger partial charge in [-0.1, -0.05) is 0 Å². The van der Waals surface area contributed by atoms with Crippen LogP contribution in [-0.2, 0) is 16.9 Å². The lowest BCUT2D eigenvalue weighted by Crippen LogP contribution is -2.36. The molecule has 29 heavy (non-hydrogen) atoms. The zero-order valence-corrected chi connectivity index (χ0v) is 18.2. The molecule has 3 aromatic rings. The Bertz CT molecular complexity index is 1000. The van der Waals surface area contributed by atoms with Crippen LogP contribution < -0.4 is 5.32 Å². The number of aryl methyl sites for hydroxylation is 3. The van der Waals surface area contributed by atoms with E-state index in [2.05, 4.69) is 24.1 Å². The summed E-state index contributed by atoms with van der Waals surface area (Å²) in [5.74, 6) is 2.88. The maximum atomic E-state index is 10.9. The van der Waals surface area contributed by atoms with Crippen molar-refractivity contribution in [3.8, 4) is 0 Å². The molecule has 8 heteroatoms. The SMILES string of the molecule is Cc1ccc(C(C)(O)CNc2nc(CN3CCOCC3)nc3sc(C)c(C)c23)o1. The zero-order chi connectivity index (χ0) is 20.6. The normalized spacial score (nSPS) is 17.6. The van der Waals surface area contributed by atoms with E-state index in [1.165, 1.54) is 10.4 Å². The Kier molecular flexibility index (Phi) is 5.61. The molecule has 0 bridgehead atoms. The monoisotopic (exact) mass is 416 g/mol. The van der Waals surface area contributed by atoms with Crippen molar-refractivity contribution >= 4 is 27.4 Å². The number of anilines is 1. The molecule has 7 nitrogen and oxygen atoms in total. The van der Waals surface area contributed by atoms with Crippen molar-refractivity contribution in [3.05, 3.63) is 39.9 Å². The number of furan rings is 1. The highest BCUT2D eigenvalue weighted by Gasteiger charge is 2.28. The quantitative estimate of drug-likeness (QED) is 0.637. The van der Waals surface area contributed by atoms with E-state index in [-0.39, 0.29) is 6.54 Å². The van der Waals surface area contributed by atoms with Crippen LogP contribution >= 0.6 is 11.3 Å². The van der Waals surface area contributed by atoms with Gasteiger partial charge >= 0.3 is 0 Å². The molecule has 0 aromatic carbocycles. The van der Waals surface area contributed by atoms with Gasteiger partial charge in [-0.2, -0.15) is 0 Å². The van der Waals surface area contributed by atoms with Crippen molar-refractivity contribution in [2.75, 3.05) is 38.2 Å². The van der Waals surface area contributed by atoms with Crippen LogP contribution in [0.15, 0.2) is 16.5 Å². The molecule has 3 aromatic heterocycles. The summed E-state index contributed by atoms with van der Waals surface area (Å²) in [6.45, 7) is 12.1. The Morgan fingerprint density at radius 3 is 2.66 bits per heavy atom. The zero-order valence-electron chi connectivity index (χ0n) is 17.4. The standard InChI is InChI=1S/C21H28N4O3S/c1-13-5-6-16(28-13)21(4,26)12-22-19-18-14(2)15(3)29-20(18)24-17(23-19)11-25-7-9-27-10-8-25/h5-6,26H,7-12H2,1-4H3,(H,22,23,24). The average Bonchev–Trinajstić information content (AvgIpc) is 3.25. The third-order valence-corrected chi connectivity index (χ3v) is 6.52. The van der Waals surface area contributed by atoms with E-state index in [4.69, 9.17) is 19.1 Å². The predicted octanol–water partition coefficient (Wildman–Crippen LogP) is 3.36. The fraction of sp³-hybridized carbons (Fsp3) is 0.524. The van der Waals surface area contributed by atoms with Gasteiger partial charge in [-0.3, -0.25) is 4.90 Å². The summed E-state index contributed by atoms with van der Waals surface area (Å²) in [7, 11) is 0. The molecule has 0 amide bonds. The number of nitrogens with one attached hydrogen (secondary N) is 1. The Balaban J connectivity index is 1.62. The van der Waals surface area contributed by atoms with Gasteiger partial charge in [-0.25, -0.2) is 9.97 Å². The van der Waals surface area contributed by atoms with Gasteiger partial charge in [-0.15, -0.1) is 11.3 Å². The van der Waals surface area contributed by atoms with Crippen molar-refractivity contribution in [1.82, 2.24) is 14.9 Å². The van der Waals surface area contributed by atoms with Crippen molar-refractivity contribution in [3.63, 3.8) is 0 Å². The molecule has 0 aliphatic carbocycles. The summed E-state index contributed by atoms with van der Waals surface area (Å²) in [4.78, 5) is 14.2. The van der Waals surface area contributed by atoms with Crippen LogP contribution in [0.1, 0.15) is 34.7 Å². The smallest absolute Gasteiger partial charge is 0.146 e. The van der Waals surface area contributed by atoms with Crippen molar-refractivity contribution in [2.45, 2.75) is 39.8 Å². The fourth-order valence-corrected chi connectivity index (χ4v) is 4.57. The lowest BCUT2D eigenvalue weighted by molar-refractivity contribution is 0.0331. The minimum absolute atomic E-state index is 0.289. The first-order valence-electron chi connectivity index (χ1n) is 9.93. The Morgan fingerprint density at radius 1 is 1.21 bits per heavy atom. The van der Waals surface area contributed by atoms with Crippen LogP contribution in [0.4, 0.5) is 5.82 Å². The Hall–Kier alpha value is -2.00. The van der Waals surface area contributed by atoms with Gasteiger partial charge in [0, 0.05) is 18.0 Å². The third kappa shape index (κ3) is 4.30. The second kappa shape index (κ2) is 8.02. The van der Waals surface area contributed by atoms with E-state index >= 15 is 0 Å². The summed E-state index contributed by atoms with van der Waals surface area (Å²) in [6.07, 6.45) is 0. The van der Waals surface area contributed by atoms with Crippen LogP contribution in [0, 0.1) is 20.8 Å². The minimum atomic E-state index is -1.14. The molecule has 156 valence electrons. The van der Waals surface area contributed by atoms with Crippen LogP contribution in [0.3, 0.4) is 0 Å². The molecule has 0 saturated carbocycles. The van der Waals surface area contributed by atoms with E-state index < -0.39 is 5.60 Å². The molecule has 4 heterocycles. The summed E-state index contributed by atoms with van der Waals surface area (Å²) in [5.41, 5.74) is 0.0356. The van der Waals surface area contributed by atoms with E-state index in [0.717, 1.165) is 53.9 Å². The number of fused-ring (bicyclic) bond motifs is 1. The number of aliphatic hydroxyl groups is 1. The number of rotatable bonds is 6. The van der Waals surface area contributed by atoms with Crippen LogP contribution in [0.2, 0.25) is 0 Å². The number of ether oxygens (including phenoxy) is 1. The molecule has 0 radical (unpaired) electrons. The van der Waals surface area contributed by atoms with Gasteiger partial charge in [0.05, 0.1) is 31.7 Å². The van der Waals surface area contributed by atoms with Crippen molar-refractivity contribution < 1.29 is 14.3 Å². The van der Waals surface area contributed by atoms with Crippen molar-refractivity contribution in [2.24, 2.45) is 0 Å². The lowest BCUT2D eigenvalue weighted by Gasteiger charge is -2.26. The van der Waals surface area contributed by atoms with E-state index in [1.54, 1.807) is 18.3 Å². The third-order valence-electron chi connectivity index (χ3n) is 5.41. The summed E-state index contributed by atoms with van der Waals surface area (Å²) in [5, 5.41) is 15.3. The number of hydrogen-bond acceptors (Lipinski definition) is 8. The van der Waals surface area contributed by atoms with Crippen LogP contribution in [0.5, 0.6) is 0 Å². The molecule has 1 unspecified atom stereocenters. The average molecular weight is 417 g/mol. The summed E-state index contributed by atoms with van der Waals surface area (Å²) in [6, 6.07) is 3.68. The maximum absolute atomic E-state index is 10.9. The van der Waals surface area contributed by atoms with Gasteiger partial charge in [0.1, 0.15) is 33.6 Å². The molecule has 1 fully saturated rings. The number of morpholine rings is 1. The molecule has 1 aliphatic rings. The molecule has 4 rings (SSSR count). The maximum Gasteiger partial charge on any atom is 0.146 e. The first-order chi connectivity index (χ1) is 13.8. The first-order valence-corrected chi connectivity index (χ1v) is 10.7. The highest BCUT2D eigenvalue weighted by atomic mass is 32.1. The van der Waals surface area contributed by atoms with Crippen molar-refractivity contribution in [1.29, 1.82) is 0 Å². The van der Waals surface area contributed by atoms with Gasteiger partial charge in [0.25, 0.3) is 0 Å². The number of aromatic nitrogens is 2. The lowest BCUT2D eigenvalue weighted by atomic mass is 10.0. The van der Waals surface area contributed by atoms with Crippen LogP contribution in [-0.4, -0.2) is 52.8 Å². The Labute approximate surface area is 174 Å². The van der Waals surface area contributed by atoms with E-state index in [1.807, 2.05) is 19.1 Å². The minimum Gasteiger partial charge on any atom is -0.463 e. The van der Waals surface area contributed by atoms with Crippen LogP contribution in [0.25, 0.3) is 10.2 Å². The largest absolute Gasteiger partial charge is 0.463 e. The number of nitrogens with zero attached hydrogens (tertiary/aromatic N) is 3. The second-order valence-electron chi connectivity index (χ2n) is 7.88. The molecular weight excluding hydrogens is 388 g/mol. The predicted molar refractivity (Wildman–Crippen MR) is 114 cm³/mol. The van der Waals surface area contributed by atoms with E-state index in [9.17, 15) is 5.11 Å². The molecule has 1 saturated heterocycles. The topological polar surface area (TPSA) is 83.7 Å². The molecule has 1 aliphatic heterocycles. The highest BCUT2D eigenvalue weighted by molar-refractivity contribution is 7.18. The number of thiophene rings is 1. The van der Waals surface area contributed by atoms with Gasteiger partial charge in [0.15, 0.2) is 0 Å². The summed E-state index contributed by atoms with van der Waals surface area (Å²) >= 11 is 1.69. The highest BCUT2D eigenvalue weighted by Crippen LogP contribution is 2.34. The molecular formula is C21H28N4O3S. The molecule has 2 N–H and O–H groups in total. The second-order valence-corrected chi connectivity index (χ2v) is 9.08. The fourth-order valence-electron chi connectivity index (χ4n) is 3.52. The molecule has 0 spiro atoms. The van der Waals surface area contributed by atoms with Gasteiger partial charge in [0.2, 0.25) is 0 Å². The van der Waals surface area contributed by atoms with Gasteiger partial charge < -0.3 is 19.6 Å². The Morgan fingerprint density at radius 2 is 1.97 bits per heavy atom. The van der Waals surface area contributed by atoms with E-state index in [0.29, 0.717) is 12.3 Å². The summed E-state index contributed by atoms with van der Waals surface area (Å²) < 4.78 is 11.1. The van der Waals surface area contributed by atoms with Gasteiger partial charge in [-0.05, 0) is 45.4 Å². The first kappa shape index (κ1) is 20.3.